The molecule has 0 atom stereocenters. The lowest BCUT2D eigenvalue weighted by Crippen LogP contribution is -2.37. The lowest BCUT2D eigenvalue weighted by atomic mass is 10.4. The van der Waals surface area contributed by atoms with Crippen LogP contribution in [0.1, 0.15) is 0 Å². The van der Waals surface area contributed by atoms with Crippen LogP contribution < -0.4 is 5.32 Å². The standard InChI is InChI=1S/C6H4BrN2O2/c7-2-4-9-5(10)1-3-8-6(9)11/h1-4H. The second kappa shape index (κ2) is 3.34. The Morgan fingerprint density at radius 3 is 2.82 bits per heavy atom. The van der Waals surface area contributed by atoms with Crippen LogP contribution in [0.5, 0.6) is 0 Å². The molecule has 0 bridgehead atoms. The van der Waals surface area contributed by atoms with Crippen LogP contribution in [-0.4, -0.2) is 16.8 Å². The number of carbonyl (C=O) groups is 2. The van der Waals surface area contributed by atoms with Gasteiger partial charge in [-0.15, -0.1) is 0 Å². The topological polar surface area (TPSA) is 51.5 Å². The van der Waals surface area contributed by atoms with Crippen molar-refractivity contribution in [2.45, 2.75) is 0 Å². The maximum Gasteiger partial charge on any atom is 0.354 e. The fourth-order valence-electron chi connectivity index (χ4n) is 0.595. The summed E-state index contributed by atoms with van der Waals surface area (Å²) in [6.07, 6.45) is 3.70. The molecule has 5 heteroatoms. The van der Waals surface area contributed by atoms with E-state index in [0.29, 0.717) is 0 Å². The summed E-state index contributed by atoms with van der Waals surface area (Å²) in [6.45, 7) is 0. The van der Waals surface area contributed by atoms with E-state index in [-0.39, 0.29) is 5.91 Å². The Bertz CT molecular complexity index is 247. The summed E-state index contributed by atoms with van der Waals surface area (Å²) in [5, 5.41) is 3.39. The maximum atomic E-state index is 10.9. The molecule has 1 aliphatic rings. The van der Waals surface area contributed by atoms with Crippen LogP contribution in [0, 0.1) is 0 Å². The van der Waals surface area contributed by atoms with Crippen molar-refractivity contribution in [3.63, 3.8) is 0 Å². The van der Waals surface area contributed by atoms with Gasteiger partial charge in [-0.05, 0) is 4.99 Å². The van der Waals surface area contributed by atoms with Crippen molar-refractivity contribution in [3.8, 4) is 0 Å². The van der Waals surface area contributed by atoms with E-state index in [2.05, 4.69) is 21.2 Å². The molecular weight excluding hydrogens is 212 g/mol. The third-order valence-corrected chi connectivity index (χ3v) is 1.29. The highest BCUT2D eigenvalue weighted by Gasteiger charge is 2.20. The predicted octanol–water partition coefficient (Wildman–Crippen LogP) is 0.933. The highest BCUT2D eigenvalue weighted by Crippen LogP contribution is 2.01. The number of imide groups is 1. The Kier molecular flexibility index (Phi) is 2.43. The fourth-order valence-corrected chi connectivity index (χ4v) is 0.832. The summed E-state index contributed by atoms with van der Waals surface area (Å²) in [4.78, 5) is 24.0. The molecule has 4 nitrogen and oxygen atoms in total. The molecule has 0 saturated carbocycles. The van der Waals surface area contributed by atoms with Crippen molar-refractivity contribution in [1.29, 1.82) is 0 Å². The molecule has 57 valence electrons. The number of hydrogen-bond donors (Lipinski definition) is 0. The Balaban J connectivity index is 2.83. The van der Waals surface area contributed by atoms with Crippen LogP contribution in [0.25, 0.3) is 0 Å². The molecule has 0 aromatic rings. The van der Waals surface area contributed by atoms with E-state index in [4.69, 9.17) is 0 Å². The minimum Gasteiger partial charge on any atom is -0.269 e. The second-order valence-corrected chi connectivity index (χ2v) is 2.24. The third-order valence-electron chi connectivity index (χ3n) is 1.05. The molecule has 0 fully saturated rings. The van der Waals surface area contributed by atoms with Crippen LogP contribution in [0.15, 0.2) is 23.5 Å². The lowest BCUT2D eigenvalue weighted by Gasteiger charge is -2.14. The minimum atomic E-state index is -0.576. The van der Waals surface area contributed by atoms with Gasteiger partial charge in [-0.1, -0.05) is 15.9 Å². The highest BCUT2D eigenvalue weighted by atomic mass is 79.9. The van der Waals surface area contributed by atoms with E-state index in [0.717, 1.165) is 4.90 Å². The molecular formula is C6H4BrN2O2. The summed E-state index contributed by atoms with van der Waals surface area (Å²) in [6, 6.07) is -0.576. The van der Waals surface area contributed by atoms with Gasteiger partial charge in [0.2, 0.25) is 0 Å². The zero-order valence-corrected chi connectivity index (χ0v) is 6.98. The summed E-state index contributed by atoms with van der Waals surface area (Å²) < 4.78 is 0. The van der Waals surface area contributed by atoms with Gasteiger partial charge in [0.1, 0.15) is 0 Å². The van der Waals surface area contributed by atoms with E-state index in [1.165, 1.54) is 23.5 Å². The first-order valence-electron chi connectivity index (χ1n) is 2.77. The molecule has 1 aliphatic heterocycles. The average molecular weight is 216 g/mol. The number of nitrogens with zero attached hydrogens (tertiary/aromatic N) is 2. The monoisotopic (exact) mass is 215 g/mol. The van der Waals surface area contributed by atoms with Gasteiger partial charge < -0.3 is 0 Å². The Morgan fingerprint density at radius 1 is 1.55 bits per heavy atom. The van der Waals surface area contributed by atoms with Crippen molar-refractivity contribution in [3.05, 3.63) is 23.5 Å². The van der Waals surface area contributed by atoms with Crippen molar-refractivity contribution >= 4 is 27.9 Å². The summed E-state index contributed by atoms with van der Waals surface area (Å²) in [5.41, 5.74) is 0. The van der Waals surface area contributed by atoms with Crippen molar-refractivity contribution in [2.24, 2.45) is 0 Å². The van der Waals surface area contributed by atoms with Gasteiger partial charge in [-0.3, -0.25) is 4.79 Å². The van der Waals surface area contributed by atoms with E-state index >= 15 is 0 Å². The summed E-state index contributed by atoms with van der Waals surface area (Å²) >= 11 is 2.95. The van der Waals surface area contributed by atoms with Gasteiger partial charge in [-0.2, -0.15) is 0 Å². The van der Waals surface area contributed by atoms with Gasteiger partial charge in [0, 0.05) is 18.5 Å². The van der Waals surface area contributed by atoms with Gasteiger partial charge in [0.15, 0.2) is 0 Å². The molecule has 0 unspecified atom stereocenters. The van der Waals surface area contributed by atoms with Crippen molar-refractivity contribution in [1.82, 2.24) is 10.2 Å². The number of hydrogen-bond acceptors (Lipinski definition) is 2. The molecule has 0 N–H and O–H groups in total. The SMILES string of the molecule is O=C1C=C[N]C(=O)N1C=CBr. The summed E-state index contributed by atoms with van der Waals surface area (Å²) in [5.74, 6) is -0.388. The van der Waals surface area contributed by atoms with Gasteiger partial charge >= 0.3 is 6.03 Å². The largest absolute Gasteiger partial charge is 0.354 e. The van der Waals surface area contributed by atoms with Crippen molar-refractivity contribution < 1.29 is 9.59 Å². The zero-order chi connectivity index (χ0) is 8.27. The zero-order valence-electron chi connectivity index (χ0n) is 5.40. The van der Waals surface area contributed by atoms with E-state index < -0.39 is 6.03 Å². The molecule has 3 amide bonds. The first kappa shape index (κ1) is 8.00. The third kappa shape index (κ3) is 1.68. The quantitative estimate of drug-likeness (QED) is 0.654. The molecule has 1 heterocycles. The van der Waals surface area contributed by atoms with Crippen molar-refractivity contribution in [2.75, 3.05) is 0 Å². The fraction of sp³-hybridized carbons (Fsp3) is 0. The van der Waals surface area contributed by atoms with E-state index in [1.54, 1.807) is 0 Å². The molecule has 0 aromatic heterocycles. The minimum absolute atomic E-state index is 0.388. The second-order valence-electron chi connectivity index (χ2n) is 1.71. The van der Waals surface area contributed by atoms with E-state index in [1.807, 2.05) is 0 Å². The van der Waals surface area contributed by atoms with Crippen LogP contribution in [0.3, 0.4) is 0 Å². The highest BCUT2D eigenvalue weighted by molar-refractivity contribution is 9.11. The number of rotatable bonds is 1. The van der Waals surface area contributed by atoms with Gasteiger partial charge in [-0.25, -0.2) is 15.0 Å². The Labute approximate surface area is 71.7 Å². The molecule has 0 spiro atoms. The predicted molar refractivity (Wildman–Crippen MR) is 41.6 cm³/mol. The number of carbonyl (C=O) groups excluding carboxylic acids is 2. The molecule has 11 heavy (non-hydrogen) atoms. The van der Waals surface area contributed by atoms with Gasteiger partial charge in [0.05, 0.1) is 0 Å². The molecule has 0 saturated heterocycles. The normalized spacial score (nSPS) is 17.7. The molecule has 0 aromatic carbocycles. The Hall–Kier alpha value is -1.10. The Morgan fingerprint density at radius 2 is 2.27 bits per heavy atom. The number of urea groups is 1. The summed E-state index contributed by atoms with van der Waals surface area (Å²) in [7, 11) is 0. The molecule has 1 radical (unpaired) electrons. The first-order chi connectivity index (χ1) is 5.25. The molecule has 1 rings (SSSR count). The van der Waals surface area contributed by atoms with E-state index in [9.17, 15) is 9.59 Å². The average Bonchev–Trinajstić information content (AvgIpc) is 1.97. The maximum absolute atomic E-state index is 10.9. The molecule has 0 aliphatic carbocycles. The van der Waals surface area contributed by atoms with Crippen LogP contribution in [0.4, 0.5) is 4.79 Å². The van der Waals surface area contributed by atoms with Crippen LogP contribution >= 0.6 is 15.9 Å². The van der Waals surface area contributed by atoms with Gasteiger partial charge in [0.25, 0.3) is 5.91 Å². The first-order valence-corrected chi connectivity index (χ1v) is 3.68. The number of halogens is 1. The van der Waals surface area contributed by atoms with Crippen LogP contribution in [0.2, 0.25) is 0 Å². The smallest absolute Gasteiger partial charge is 0.269 e. The number of amides is 3. The van der Waals surface area contributed by atoms with Crippen LogP contribution in [-0.2, 0) is 4.79 Å². The lowest BCUT2D eigenvalue weighted by molar-refractivity contribution is -0.121.